The molecule has 5 nitrogen and oxygen atoms in total. The number of nitrogens with one attached hydrogen (secondary N) is 1. The lowest BCUT2D eigenvalue weighted by Crippen LogP contribution is -2.60. The molecule has 90 valence electrons. The Balaban J connectivity index is 2.76. The summed E-state index contributed by atoms with van der Waals surface area (Å²) in [5.74, 6) is 0.0624. The van der Waals surface area contributed by atoms with Crippen LogP contribution in [0.25, 0.3) is 0 Å². The summed E-state index contributed by atoms with van der Waals surface area (Å²) in [6.07, 6.45) is 0. The highest BCUT2D eigenvalue weighted by Crippen LogP contribution is 2.20. The average Bonchev–Trinajstić information content (AvgIpc) is 2.13. The molecule has 0 atom stereocenters. The molecular formula is C9H20N2O3S. The van der Waals surface area contributed by atoms with Gasteiger partial charge in [0.15, 0.2) is 0 Å². The van der Waals surface area contributed by atoms with Gasteiger partial charge in [0.1, 0.15) is 0 Å². The van der Waals surface area contributed by atoms with Crippen molar-refractivity contribution in [1.29, 1.82) is 0 Å². The predicted octanol–water partition coefficient (Wildman–Crippen LogP) is -0.354. The van der Waals surface area contributed by atoms with E-state index in [9.17, 15) is 8.42 Å². The van der Waals surface area contributed by atoms with Gasteiger partial charge in [0.2, 0.25) is 10.0 Å². The van der Waals surface area contributed by atoms with Gasteiger partial charge >= 0.3 is 0 Å². The number of rotatable bonds is 4. The van der Waals surface area contributed by atoms with Gasteiger partial charge in [-0.1, -0.05) is 0 Å². The lowest BCUT2D eigenvalue weighted by molar-refractivity contribution is 0.179. The normalized spacial score (nSPS) is 22.9. The summed E-state index contributed by atoms with van der Waals surface area (Å²) in [5, 5.41) is 3.20. The molecule has 6 heteroatoms. The number of hydrogen-bond acceptors (Lipinski definition) is 4. The molecule has 0 aromatic heterocycles. The fourth-order valence-electron chi connectivity index (χ4n) is 1.78. The van der Waals surface area contributed by atoms with Crippen LogP contribution in [0, 0.1) is 0 Å². The lowest BCUT2D eigenvalue weighted by Gasteiger charge is -2.41. The van der Waals surface area contributed by atoms with Crippen molar-refractivity contribution in [3.63, 3.8) is 0 Å². The second-order valence-corrected chi connectivity index (χ2v) is 6.38. The lowest BCUT2D eigenvalue weighted by atomic mass is 10.0. The van der Waals surface area contributed by atoms with E-state index < -0.39 is 10.0 Å². The van der Waals surface area contributed by atoms with E-state index in [2.05, 4.69) is 5.32 Å². The minimum atomic E-state index is -3.18. The van der Waals surface area contributed by atoms with Crippen molar-refractivity contribution in [3.05, 3.63) is 0 Å². The molecule has 1 heterocycles. The van der Waals surface area contributed by atoms with Crippen LogP contribution in [0.4, 0.5) is 0 Å². The molecule has 1 aliphatic rings. The van der Waals surface area contributed by atoms with Gasteiger partial charge < -0.3 is 10.1 Å². The van der Waals surface area contributed by atoms with Gasteiger partial charge in [-0.2, -0.15) is 4.31 Å². The van der Waals surface area contributed by atoms with Gasteiger partial charge in [0, 0.05) is 32.3 Å². The number of ether oxygens (including phenoxy) is 1. The third kappa shape index (κ3) is 3.14. The number of sulfonamides is 1. The minimum Gasteiger partial charge on any atom is -0.384 e. The van der Waals surface area contributed by atoms with Crippen LogP contribution in [0.1, 0.15) is 13.8 Å². The molecule has 0 aromatic rings. The minimum absolute atomic E-state index is 0.0624. The first kappa shape index (κ1) is 12.9. The molecule has 1 rings (SSSR count). The zero-order valence-corrected chi connectivity index (χ0v) is 10.4. The summed E-state index contributed by atoms with van der Waals surface area (Å²) in [6, 6.07) is 0. The monoisotopic (exact) mass is 236 g/mol. The van der Waals surface area contributed by atoms with E-state index in [4.69, 9.17) is 4.74 Å². The fourth-order valence-corrected chi connectivity index (χ4v) is 3.56. The van der Waals surface area contributed by atoms with E-state index in [-0.39, 0.29) is 17.9 Å². The Labute approximate surface area is 91.8 Å². The van der Waals surface area contributed by atoms with E-state index in [1.54, 1.807) is 4.31 Å². The van der Waals surface area contributed by atoms with Crippen LogP contribution in [0.5, 0.6) is 0 Å². The second kappa shape index (κ2) is 4.78. The molecule has 0 aromatic carbocycles. The quantitative estimate of drug-likeness (QED) is 0.724. The molecule has 1 N–H and O–H groups in total. The van der Waals surface area contributed by atoms with Crippen LogP contribution in [0.2, 0.25) is 0 Å². The molecule has 0 bridgehead atoms. The first-order chi connectivity index (χ1) is 6.90. The molecular weight excluding hydrogens is 216 g/mol. The van der Waals surface area contributed by atoms with Gasteiger partial charge in [-0.15, -0.1) is 0 Å². The molecule has 0 saturated carbocycles. The maximum atomic E-state index is 12.0. The van der Waals surface area contributed by atoms with Crippen molar-refractivity contribution in [3.8, 4) is 0 Å². The summed E-state index contributed by atoms with van der Waals surface area (Å²) in [6.45, 7) is 6.07. The summed E-state index contributed by atoms with van der Waals surface area (Å²) in [5.41, 5.74) is -0.342. The van der Waals surface area contributed by atoms with Gasteiger partial charge in [-0.3, -0.25) is 0 Å². The molecule has 0 unspecified atom stereocenters. The van der Waals surface area contributed by atoms with Crippen LogP contribution < -0.4 is 5.32 Å². The van der Waals surface area contributed by atoms with E-state index in [0.717, 1.165) is 6.54 Å². The molecule has 15 heavy (non-hydrogen) atoms. The van der Waals surface area contributed by atoms with Gasteiger partial charge in [0.05, 0.1) is 12.4 Å². The van der Waals surface area contributed by atoms with Crippen LogP contribution in [-0.4, -0.2) is 57.4 Å². The Morgan fingerprint density at radius 3 is 2.67 bits per heavy atom. The van der Waals surface area contributed by atoms with Gasteiger partial charge in [-0.05, 0) is 13.8 Å². The van der Waals surface area contributed by atoms with E-state index >= 15 is 0 Å². The van der Waals surface area contributed by atoms with Crippen molar-refractivity contribution in [2.75, 3.05) is 39.1 Å². The summed E-state index contributed by atoms with van der Waals surface area (Å²) in [7, 11) is -1.67. The third-order valence-electron chi connectivity index (χ3n) is 2.61. The molecule has 1 aliphatic heterocycles. The molecule has 0 radical (unpaired) electrons. The zero-order chi connectivity index (χ0) is 11.5. The SMILES string of the molecule is COCCS(=O)(=O)N1CCNCC1(C)C. The number of methoxy groups -OCH3 is 1. The first-order valence-corrected chi connectivity index (χ1v) is 6.71. The van der Waals surface area contributed by atoms with Gasteiger partial charge in [0.25, 0.3) is 0 Å². The largest absolute Gasteiger partial charge is 0.384 e. The topological polar surface area (TPSA) is 58.6 Å². The highest BCUT2D eigenvalue weighted by atomic mass is 32.2. The summed E-state index contributed by atoms with van der Waals surface area (Å²) >= 11 is 0. The number of hydrogen-bond donors (Lipinski definition) is 1. The second-order valence-electron chi connectivity index (χ2n) is 4.37. The zero-order valence-electron chi connectivity index (χ0n) is 9.62. The highest BCUT2D eigenvalue weighted by molar-refractivity contribution is 7.89. The van der Waals surface area contributed by atoms with Crippen LogP contribution in [0.15, 0.2) is 0 Å². The van der Waals surface area contributed by atoms with E-state index in [1.165, 1.54) is 7.11 Å². The molecule has 0 amide bonds. The van der Waals surface area contributed by atoms with E-state index in [1.807, 2.05) is 13.8 Å². The smallest absolute Gasteiger partial charge is 0.216 e. The maximum absolute atomic E-state index is 12.0. The predicted molar refractivity (Wildman–Crippen MR) is 59.3 cm³/mol. The Bertz CT molecular complexity index is 300. The Hall–Kier alpha value is -0.170. The van der Waals surface area contributed by atoms with Gasteiger partial charge in [-0.25, -0.2) is 8.42 Å². The van der Waals surface area contributed by atoms with Crippen molar-refractivity contribution in [2.24, 2.45) is 0 Å². The highest BCUT2D eigenvalue weighted by Gasteiger charge is 2.37. The standard InChI is InChI=1S/C9H20N2O3S/c1-9(2)8-10-4-5-11(9)15(12,13)7-6-14-3/h10H,4-8H2,1-3H3. The first-order valence-electron chi connectivity index (χ1n) is 5.10. The van der Waals surface area contributed by atoms with Crippen LogP contribution in [-0.2, 0) is 14.8 Å². The number of piperazine rings is 1. The Morgan fingerprint density at radius 1 is 1.47 bits per heavy atom. The fraction of sp³-hybridized carbons (Fsp3) is 1.00. The Morgan fingerprint density at radius 2 is 2.13 bits per heavy atom. The maximum Gasteiger partial charge on any atom is 0.216 e. The van der Waals surface area contributed by atoms with Crippen molar-refractivity contribution >= 4 is 10.0 Å². The van der Waals surface area contributed by atoms with Crippen LogP contribution in [0.3, 0.4) is 0 Å². The van der Waals surface area contributed by atoms with Crippen LogP contribution >= 0.6 is 0 Å². The third-order valence-corrected chi connectivity index (χ3v) is 4.64. The van der Waals surface area contributed by atoms with Crippen molar-refractivity contribution in [2.45, 2.75) is 19.4 Å². The van der Waals surface area contributed by atoms with E-state index in [0.29, 0.717) is 13.1 Å². The molecule has 1 fully saturated rings. The van der Waals surface area contributed by atoms with Crippen molar-refractivity contribution < 1.29 is 13.2 Å². The average molecular weight is 236 g/mol. The Kier molecular flexibility index (Phi) is 4.11. The molecule has 0 aliphatic carbocycles. The molecule has 0 spiro atoms. The molecule has 1 saturated heterocycles. The number of nitrogens with zero attached hydrogens (tertiary/aromatic N) is 1. The summed E-state index contributed by atoms with van der Waals surface area (Å²) < 4.78 is 30.4. The van der Waals surface area contributed by atoms with Crippen molar-refractivity contribution in [1.82, 2.24) is 9.62 Å². The summed E-state index contributed by atoms with van der Waals surface area (Å²) in [4.78, 5) is 0.